The number of pyridine rings is 1. The van der Waals surface area contributed by atoms with Gasteiger partial charge in [-0.05, 0) is 46.3 Å². The standard InChI is InChI=1S/C14H10BrClN4O/c15-12-4-1-8(6-17-12)14(21)18-7-13-19-10-3-2-9(16)5-11(10)20-13/h1-6H,7H2,(H,18,21)(H,19,20). The van der Waals surface area contributed by atoms with Crippen LogP contribution in [-0.4, -0.2) is 20.9 Å². The molecule has 0 spiro atoms. The Kier molecular flexibility index (Phi) is 3.90. The molecule has 0 saturated heterocycles. The van der Waals surface area contributed by atoms with E-state index in [1.54, 1.807) is 24.3 Å². The summed E-state index contributed by atoms with van der Waals surface area (Å²) < 4.78 is 0.688. The van der Waals surface area contributed by atoms with Crippen LogP contribution < -0.4 is 5.32 Å². The van der Waals surface area contributed by atoms with Crippen molar-refractivity contribution in [3.05, 3.63) is 57.5 Å². The maximum atomic E-state index is 12.0. The summed E-state index contributed by atoms with van der Waals surface area (Å²) in [5, 5.41) is 3.43. The summed E-state index contributed by atoms with van der Waals surface area (Å²) in [6.07, 6.45) is 1.51. The fraction of sp³-hybridized carbons (Fsp3) is 0.0714. The van der Waals surface area contributed by atoms with Crippen LogP contribution in [0.4, 0.5) is 0 Å². The van der Waals surface area contributed by atoms with E-state index in [0.29, 0.717) is 27.6 Å². The Morgan fingerprint density at radius 2 is 2.19 bits per heavy atom. The monoisotopic (exact) mass is 364 g/mol. The molecule has 0 atom stereocenters. The van der Waals surface area contributed by atoms with E-state index in [-0.39, 0.29) is 5.91 Å². The number of H-pyrrole nitrogens is 1. The summed E-state index contributed by atoms with van der Waals surface area (Å²) in [4.78, 5) is 23.5. The van der Waals surface area contributed by atoms with Crippen LogP contribution in [0.3, 0.4) is 0 Å². The van der Waals surface area contributed by atoms with E-state index in [2.05, 4.69) is 36.2 Å². The van der Waals surface area contributed by atoms with Crippen LogP contribution in [0, 0.1) is 0 Å². The molecule has 3 aromatic rings. The molecule has 2 N–H and O–H groups in total. The van der Waals surface area contributed by atoms with Crippen LogP contribution in [0.15, 0.2) is 41.1 Å². The maximum absolute atomic E-state index is 12.0. The number of aromatic nitrogens is 3. The van der Waals surface area contributed by atoms with E-state index in [0.717, 1.165) is 11.0 Å². The van der Waals surface area contributed by atoms with Crippen LogP contribution in [0.2, 0.25) is 5.02 Å². The number of halogens is 2. The number of aromatic amines is 1. The number of hydrogen-bond donors (Lipinski definition) is 2. The first-order valence-electron chi connectivity index (χ1n) is 6.16. The Bertz CT molecular complexity index is 800. The van der Waals surface area contributed by atoms with Gasteiger partial charge in [-0.15, -0.1) is 0 Å². The highest BCUT2D eigenvalue weighted by Crippen LogP contribution is 2.17. The zero-order chi connectivity index (χ0) is 14.8. The van der Waals surface area contributed by atoms with Gasteiger partial charge in [-0.1, -0.05) is 11.6 Å². The van der Waals surface area contributed by atoms with Gasteiger partial charge in [0, 0.05) is 11.2 Å². The van der Waals surface area contributed by atoms with Gasteiger partial charge in [0.25, 0.3) is 5.91 Å². The molecule has 0 aliphatic heterocycles. The number of carbonyl (C=O) groups is 1. The summed E-state index contributed by atoms with van der Waals surface area (Å²) in [6.45, 7) is 0.307. The van der Waals surface area contributed by atoms with Crippen molar-refractivity contribution in [1.29, 1.82) is 0 Å². The number of amides is 1. The van der Waals surface area contributed by atoms with Gasteiger partial charge in [0.05, 0.1) is 23.1 Å². The highest BCUT2D eigenvalue weighted by atomic mass is 79.9. The number of imidazole rings is 1. The molecule has 0 aliphatic carbocycles. The number of fused-ring (bicyclic) bond motifs is 1. The Hall–Kier alpha value is -1.92. The highest BCUT2D eigenvalue weighted by Gasteiger charge is 2.08. The van der Waals surface area contributed by atoms with Crippen molar-refractivity contribution in [2.24, 2.45) is 0 Å². The molecular formula is C14H10BrClN4O. The van der Waals surface area contributed by atoms with E-state index < -0.39 is 0 Å². The number of rotatable bonds is 3. The molecule has 0 saturated carbocycles. The second kappa shape index (κ2) is 5.83. The SMILES string of the molecule is O=C(NCc1nc2ccc(Cl)cc2[nH]1)c1ccc(Br)nc1. The molecule has 3 rings (SSSR count). The molecule has 106 valence electrons. The third-order valence-electron chi connectivity index (χ3n) is 2.90. The van der Waals surface area contributed by atoms with Gasteiger partial charge >= 0.3 is 0 Å². The van der Waals surface area contributed by atoms with Crippen molar-refractivity contribution in [3.8, 4) is 0 Å². The molecule has 0 unspecified atom stereocenters. The fourth-order valence-corrected chi connectivity index (χ4v) is 2.30. The number of nitrogens with zero attached hydrogens (tertiary/aromatic N) is 2. The number of nitrogens with one attached hydrogen (secondary N) is 2. The predicted molar refractivity (Wildman–Crippen MR) is 84.2 cm³/mol. The Balaban J connectivity index is 1.71. The lowest BCUT2D eigenvalue weighted by atomic mass is 10.3. The number of carbonyl (C=O) groups excluding carboxylic acids is 1. The molecule has 0 fully saturated rings. The van der Waals surface area contributed by atoms with Crippen LogP contribution in [0.1, 0.15) is 16.2 Å². The molecule has 2 aromatic heterocycles. The summed E-state index contributed by atoms with van der Waals surface area (Å²) in [6, 6.07) is 8.83. The zero-order valence-corrected chi connectivity index (χ0v) is 13.1. The topological polar surface area (TPSA) is 70.7 Å². The van der Waals surface area contributed by atoms with E-state index in [4.69, 9.17) is 11.6 Å². The molecule has 21 heavy (non-hydrogen) atoms. The molecular weight excluding hydrogens is 356 g/mol. The summed E-state index contributed by atoms with van der Waals surface area (Å²) >= 11 is 9.15. The van der Waals surface area contributed by atoms with E-state index in [1.807, 2.05) is 6.07 Å². The zero-order valence-electron chi connectivity index (χ0n) is 10.7. The average molecular weight is 366 g/mol. The first kappa shape index (κ1) is 14.0. The van der Waals surface area contributed by atoms with Gasteiger partial charge in [0.15, 0.2) is 0 Å². The van der Waals surface area contributed by atoms with Gasteiger partial charge in [-0.25, -0.2) is 9.97 Å². The normalized spacial score (nSPS) is 10.8. The van der Waals surface area contributed by atoms with Crippen LogP contribution in [-0.2, 0) is 6.54 Å². The van der Waals surface area contributed by atoms with E-state index in [9.17, 15) is 4.79 Å². The first-order chi connectivity index (χ1) is 10.1. The Morgan fingerprint density at radius 1 is 1.33 bits per heavy atom. The van der Waals surface area contributed by atoms with Crippen molar-refractivity contribution in [1.82, 2.24) is 20.3 Å². The Labute approximate surface area is 133 Å². The number of benzene rings is 1. The second-order valence-electron chi connectivity index (χ2n) is 4.40. The molecule has 5 nitrogen and oxygen atoms in total. The smallest absolute Gasteiger partial charge is 0.253 e. The summed E-state index contributed by atoms with van der Waals surface area (Å²) in [5.41, 5.74) is 2.16. The minimum absolute atomic E-state index is 0.200. The third kappa shape index (κ3) is 3.22. The lowest BCUT2D eigenvalue weighted by Crippen LogP contribution is -2.23. The van der Waals surface area contributed by atoms with Crippen molar-refractivity contribution >= 4 is 44.5 Å². The van der Waals surface area contributed by atoms with Crippen molar-refractivity contribution in [3.63, 3.8) is 0 Å². The maximum Gasteiger partial charge on any atom is 0.253 e. The molecule has 2 heterocycles. The van der Waals surface area contributed by atoms with Crippen molar-refractivity contribution in [2.45, 2.75) is 6.54 Å². The molecule has 0 bridgehead atoms. The predicted octanol–water partition coefficient (Wildman–Crippen LogP) is 3.30. The molecule has 7 heteroatoms. The van der Waals surface area contributed by atoms with Gasteiger partial charge in [0.2, 0.25) is 0 Å². The van der Waals surface area contributed by atoms with Gasteiger partial charge in [-0.2, -0.15) is 0 Å². The van der Waals surface area contributed by atoms with Crippen LogP contribution in [0.5, 0.6) is 0 Å². The summed E-state index contributed by atoms with van der Waals surface area (Å²) in [7, 11) is 0. The first-order valence-corrected chi connectivity index (χ1v) is 7.33. The average Bonchev–Trinajstić information content (AvgIpc) is 2.87. The molecule has 0 aliphatic rings. The third-order valence-corrected chi connectivity index (χ3v) is 3.60. The van der Waals surface area contributed by atoms with Gasteiger partial charge in [0.1, 0.15) is 10.4 Å². The minimum Gasteiger partial charge on any atom is -0.345 e. The van der Waals surface area contributed by atoms with E-state index >= 15 is 0 Å². The van der Waals surface area contributed by atoms with Crippen LogP contribution in [0.25, 0.3) is 11.0 Å². The molecule has 1 amide bonds. The van der Waals surface area contributed by atoms with Gasteiger partial charge < -0.3 is 10.3 Å². The van der Waals surface area contributed by atoms with Crippen molar-refractivity contribution < 1.29 is 4.79 Å². The Morgan fingerprint density at radius 3 is 2.95 bits per heavy atom. The second-order valence-corrected chi connectivity index (χ2v) is 5.65. The lowest BCUT2D eigenvalue weighted by molar-refractivity contribution is 0.0949. The van der Waals surface area contributed by atoms with E-state index in [1.165, 1.54) is 6.20 Å². The molecule has 1 aromatic carbocycles. The van der Waals surface area contributed by atoms with Crippen molar-refractivity contribution in [2.75, 3.05) is 0 Å². The van der Waals surface area contributed by atoms with Gasteiger partial charge in [-0.3, -0.25) is 4.79 Å². The van der Waals surface area contributed by atoms with Crippen LogP contribution >= 0.6 is 27.5 Å². The minimum atomic E-state index is -0.200. The summed E-state index contributed by atoms with van der Waals surface area (Å²) in [5.74, 6) is 0.471. The largest absolute Gasteiger partial charge is 0.345 e. The number of hydrogen-bond acceptors (Lipinski definition) is 3. The fourth-order valence-electron chi connectivity index (χ4n) is 1.89. The molecule has 0 radical (unpaired) electrons. The quantitative estimate of drug-likeness (QED) is 0.700. The lowest BCUT2D eigenvalue weighted by Gasteiger charge is -2.02. The highest BCUT2D eigenvalue weighted by molar-refractivity contribution is 9.10.